The predicted molar refractivity (Wildman–Crippen MR) is 144 cm³/mol. The Morgan fingerprint density at radius 1 is 1.23 bits per heavy atom. The average Bonchev–Trinajstić information content (AvgIpc) is 3.62. The molecule has 4 heterocycles. The van der Waals surface area contributed by atoms with Crippen molar-refractivity contribution in [1.29, 1.82) is 0 Å². The molecule has 188 valence electrons. The van der Waals surface area contributed by atoms with Gasteiger partial charge in [0.1, 0.15) is 4.21 Å². The van der Waals surface area contributed by atoms with E-state index in [1.54, 1.807) is 28.8 Å². The summed E-state index contributed by atoms with van der Waals surface area (Å²) in [5.41, 5.74) is 0.878. The largest absolute Gasteiger partial charge is 0.376 e. The number of thiophene rings is 1. The molecule has 2 aliphatic heterocycles. The first kappa shape index (κ1) is 25.4. The van der Waals surface area contributed by atoms with Crippen molar-refractivity contribution < 1.29 is 17.9 Å². The second-order valence-corrected chi connectivity index (χ2v) is 14.4. The molecule has 35 heavy (non-hydrogen) atoms. The maximum Gasteiger partial charge on any atom is 0.252 e. The number of thioether (sulfide) groups is 1. The first-order valence-electron chi connectivity index (χ1n) is 11.5. The van der Waals surface area contributed by atoms with Crippen molar-refractivity contribution in [2.45, 2.75) is 40.9 Å². The van der Waals surface area contributed by atoms with Gasteiger partial charge < -0.3 is 4.74 Å². The molecule has 0 spiro atoms. The molecule has 3 aromatic rings. The normalized spacial score (nSPS) is 20.0. The molecule has 2 fully saturated rings. The number of ether oxygens (including phenoxy) is 1. The smallest absolute Gasteiger partial charge is 0.252 e. The number of piperidine rings is 1. The number of anilines is 1. The van der Waals surface area contributed by atoms with Gasteiger partial charge >= 0.3 is 0 Å². The van der Waals surface area contributed by atoms with E-state index in [-0.39, 0.29) is 22.1 Å². The number of nitrogens with zero attached hydrogens (tertiary/aromatic N) is 3. The molecule has 7 nitrogen and oxygen atoms in total. The summed E-state index contributed by atoms with van der Waals surface area (Å²) in [6, 6.07) is 9.28. The lowest BCUT2D eigenvalue weighted by Crippen LogP contribution is -2.46. The molecule has 2 aliphatic rings. The number of benzene rings is 1. The fourth-order valence-corrected chi connectivity index (χ4v) is 9.16. The van der Waals surface area contributed by atoms with Gasteiger partial charge in [0.25, 0.3) is 10.0 Å². The minimum absolute atomic E-state index is 0.000798. The van der Waals surface area contributed by atoms with Gasteiger partial charge in [-0.1, -0.05) is 22.9 Å². The van der Waals surface area contributed by atoms with Gasteiger partial charge in [0.2, 0.25) is 5.91 Å². The summed E-state index contributed by atoms with van der Waals surface area (Å²) >= 11 is 10.2. The highest BCUT2D eigenvalue weighted by Gasteiger charge is 2.36. The maximum absolute atomic E-state index is 13.8. The highest BCUT2D eigenvalue weighted by Crippen LogP contribution is 2.35. The standard InChI is InChI=1S/C23H26ClN3O4S4/c1-32-17-4-5-18-19(13-17)33-23(25-18)27(14-16-3-2-12-31-16)22(28)15-8-10-26(11-9-15)35(29,30)21-7-6-20(24)34-21/h4-7,13,15-16H,2-3,8-12,14H2,1H3. The van der Waals surface area contributed by atoms with Crippen LogP contribution in [0.5, 0.6) is 0 Å². The molecule has 0 saturated carbocycles. The molecule has 1 amide bonds. The zero-order valence-electron chi connectivity index (χ0n) is 19.2. The van der Waals surface area contributed by atoms with Gasteiger partial charge in [-0.25, -0.2) is 13.4 Å². The SMILES string of the molecule is CSc1ccc2nc(N(CC3CCCO3)C(=O)C3CCN(S(=O)(=O)c4ccc(Cl)s4)CC3)sc2c1. The number of sulfonamides is 1. The molecule has 1 unspecified atom stereocenters. The Balaban J connectivity index is 1.34. The fraction of sp³-hybridized carbons (Fsp3) is 0.478. The van der Waals surface area contributed by atoms with E-state index in [0.717, 1.165) is 39.3 Å². The number of hydrogen-bond acceptors (Lipinski definition) is 8. The van der Waals surface area contributed by atoms with Crippen molar-refractivity contribution in [2.24, 2.45) is 5.92 Å². The molecule has 1 atom stereocenters. The van der Waals surface area contributed by atoms with Crippen LogP contribution in [0, 0.1) is 5.92 Å². The van der Waals surface area contributed by atoms with Gasteiger partial charge in [-0.2, -0.15) is 4.31 Å². The molecular formula is C23H26ClN3O4S4. The van der Waals surface area contributed by atoms with Gasteiger partial charge in [-0.3, -0.25) is 9.69 Å². The van der Waals surface area contributed by atoms with Crippen molar-refractivity contribution >= 4 is 77.3 Å². The summed E-state index contributed by atoms with van der Waals surface area (Å²) in [7, 11) is -3.60. The Kier molecular flexibility index (Phi) is 7.74. The van der Waals surface area contributed by atoms with E-state index >= 15 is 0 Å². The van der Waals surface area contributed by atoms with Crippen LogP contribution in [0.1, 0.15) is 25.7 Å². The fourth-order valence-electron chi connectivity index (χ4n) is 4.52. The Bertz CT molecular complexity index is 1310. The van der Waals surface area contributed by atoms with E-state index in [1.807, 2.05) is 18.4 Å². The minimum Gasteiger partial charge on any atom is -0.376 e. The lowest BCUT2D eigenvalue weighted by atomic mass is 9.96. The molecule has 0 aliphatic carbocycles. The summed E-state index contributed by atoms with van der Waals surface area (Å²) in [5, 5.41) is 0.682. The van der Waals surface area contributed by atoms with Crippen molar-refractivity contribution in [3.63, 3.8) is 0 Å². The second-order valence-electron chi connectivity index (χ2n) is 8.65. The van der Waals surface area contributed by atoms with Crippen LogP contribution >= 0.6 is 46.0 Å². The molecule has 1 aromatic carbocycles. The first-order chi connectivity index (χ1) is 16.8. The number of fused-ring (bicyclic) bond motifs is 1. The Morgan fingerprint density at radius 3 is 2.69 bits per heavy atom. The number of thiazole rings is 1. The number of carbonyl (C=O) groups is 1. The third kappa shape index (κ3) is 5.41. The Labute approximate surface area is 222 Å². The molecule has 0 bridgehead atoms. The number of halogens is 1. The highest BCUT2D eigenvalue weighted by atomic mass is 35.5. The molecule has 2 aromatic heterocycles. The summed E-state index contributed by atoms with van der Waals surface area (Å²) in [4.78, 5) is 21.5. The second kappa shape index (κ2) is 10.6. The monoisotopic (exact) mass is 571 g/mol. The molecule has 12 heteroatoms. The molecule has 0 radical (unpaired) electrons. The van der Waals surface area contributed by atoms with Crippen molar-refractivity contribution in [2.75, 3.05) is 37.4 Å². The van der Waals surface area contributed by atoms with Gasteiger partial charge in [-0.05, 0) is 62.3 Å². The third-order valence-corrected chi connectivity index (χ3v) is 11.8. The van der Waals surface area contributed by atoms with Crippen molar-refractivity contribution in [3.8, 4) is 0 Å². The van der Waals surface area contributed by atoms with Crippen LogP contribution in [-0.4, -0.2) is 62.2 Å². The average molecular weight is 572 g/mol. The first-order valence-corrected chi connectivity index (χ1v) is 16.2. The predicted octanol–water partition coefficient (Wildman–Crippen LogP) is 5.35. The van der Waals surface area contributed by atoms with E-state index in [9.17, 15) is 13.2 Å². The van der Waals surface area contributed by atoms with E-state index in [0.29, 0.717) is 48.6 Å². The van der Waals surface area contributed by atoms with E-state index in [1.165, 1.54) is 15.6 Å². The van der Waals surface area contributed by atoms with Gasteiger partial charge in [0.15, 0.2) is 5.13 Å². The van der Waals surface area contributed by atoms with E-state index < -0.39 is 10.0 Å². The molecule has 2 saturated heterocycles. The zero-order valence-corrected chi connectivity index (χ0v) is 23.2. The van der Waals surface area contributed by atoms with Gasteiger partial charge in [0.05, 0.1) is 27.2 Å². The number of carbonyl (C=O) groups excluding carboxylic acids is 1. The number of aromatic nitrogens is 1. The summed E-state index contributed by atoms with van der Waals surface area (Å²) < 4.78 is 35.0. The lowest BCUT2D eigenvalue weighted by Gasteiger charge is -2.33. The van der Waals surface area contributed by atoms with Gasteiger partial charge in [-0.15, -0.1) is 23.1 Å². The van der Waals surface area contributed by atoms with E-state index in [4.69, 9.17) is 21.3 Å². The lowest BCUT2D eigenvalue weighted by molar-refractivity contribution is -0.123. The van der Waals surface area contributed by atoms with Crippen molar-refractivity contribution in [3.05, 3.63) is 34.7 Å². The quantitative estimate of drug-likeness (QED) is 0.356. The number of amides is 1. The van der Waals surface area contributed by atoms with Crippen LogP contribution < -0.4 is 4.90 Å². The van der Waals surface area contributed by atoms with Crippen LogP contribution in [0.4, 0.5) is 5.13 Å². The van der Waals surface area contributed by atoms with Crippen LogP contribution in [0.3, 0.4) is 0 Å². The molecular weight excluding hydrogens is 546 g/mol. The summed E-state index contributed by atoms with van der Waals surface area (Å²) in [6.45, 7) is 1.80. The van der Waals surface area contributed by atoms with Crippen molar-refractivity contribution in [1.82, 2.24) is 9.29 Å². The molecule has 5 rings (SSSR count). The van der Waals surface area contributed by atoms with Crippen LogP contribution in [0.25, 0.3) is 10.2 Å². The summed E-state index contributed by atoms with van der Waals surface area (Å²) in [6.07, 6.45) is 4.90. The highest BCUT2D eigenvalue weighted by molar-refractivity contribution is 7.98. The zero-order chi connectivity index (χ0) is 24.6. The van der Waals surface area contributed by atoms with Gasteiger partial charge in [0, 0.05) is 30.5 Å². The van der Waals surface area contributed by atoms with E-state index in [2.05, 4.69) is 6.07 Å². The van der Waals surface area contributed by atoms with Crippen LogP contribution in [0.2, 0.25) is 4.34 Å². The number of hydrogen-bond donors (Lipinski definition) is 0. The van der Waals surface area contributed by atoms with Crippen LogP contribution in [-0.2, 0) is 19.6 Å². The Hall–Kier alpha value is -1.21. The number of rotatable bonds is 7. The van der Waals surface area contributed by atoms with Crippen LogP contribution in [0.15, 0.2) is 39.4 Å². The molecule has 0 N–H and O–H groups in total. The maximum atomic E-state index is 13.8. The minimum atomic E-state index is -3.60. The Morgan fingerprint density at radius 2 is 2.03 bits per heavy atom. The summed E-state index contributed by atoms with van der Waals surface area (Å²) in [5.74, 6) is -0.260. The third-order valence-electron chi connectivity index (χ3n) is 6.44. The topological polar surface area (TPSA) is 79.8 Å².